The van der Waals surface area contributed by atoms with E-state index in [4.69, 9.17) is 10.8 Å². The van der Waals surface area contributed by atoms with Crippen LogP contribution in [-0.2, 0) is 0 Å². The molecule has 0 fully saturated rings. The van der Waals surface area contributed by atoms with Crippen molar-refractivity contribution in [2.45, 2.75) is 27.0 Å². The number of aliphatic hydroxyl groups excluding tert-OH is 1. The van der Waals surface area contributed by atoms with E-state index >= 15 is 0 Å². The second-order valence-corrected chi connectivity index (χ2v) is 2.59. The highest BCUT2D eigenvalue weighted by atomic mass is 16.3. The van der Waals surface area contributed by atoms with Crippen LogP contribution >= 0.6 is 0 Å². The van der Waals surface area contributed by atoms with Gasteiger partial charge in [0, 0.05) is 0 Å². The number of aliphatic hydroxyl groups is 1. The standard InChI is InChI=1S/C6H15NO/c1-4(2)5(3)6(7)8/h4-6,8H,7H2,1-3H3. The van der Waals surface area contributed by atoms with Crippen molar-refractivity contribution in [3.8, 4) is 0 Å². The third kappa shape index (κ3) is 2.28. The van der Waals surface area contributed by atoms with Crippen LogP contribution in [0.25, 0.3) is 0 Å². The van der Waals surface area contributed by atoms with Gasteiger partial charge in [-0.25, -0.2) is 0 Å². The van der Waals surface area contributed by atoms with Crippen LogP contribution in [0, 0.1) is 11.8 Å². The smallest absolute Gasteiger partial charge is 0.105 e. The molecular formula is C6H15NO. The molecule has 2 unspecified atom stereocenters. The van der Waals surface area contributed by atoms with Gasteiger partial charge in [0.05, 0.1) is 0 Å². The first-order valence-electron chi connectivity index (χ1n) is 2.99. The van der Waals surface area contributed by atoms with E-state index in [1.807, 2.05) is 20.8 Å². The summed E-state index contributed by atoms with van der Waals surface area (Å²) in [6.45, 7) is 6.02. The Hall–Kier alpha value is -0.0800. The summed E-state index contributed by atoms with van der Waals surface area (Å²) in [7, 11) is 0. The zero-order valence-corrected chi connectivity index (χ0v) is 5.76. The fraction of sp³-hybridized carbons (Fsp3) is 1.00. The highest BCUT2D eigenvalue weighted by Crippen LogP contribution is 2.10. The Morgan fingerprint density at radius 1 is 1.25 bits per heavy atom. The second kappa shape index (κ2) is 3.05. The lowest BCUT2D eigenvalue weighted by Crippen LogP contribution is -2.30. The quantitative estimate of drug-likeness (QED) is 0.519. The fourth-order valence-electron chi connectivity index (χ4n) is 0.394. The first kappa shape index (κ1) is 7.92. The largest absolute Gasteiger partial charge is 0.379 e. The van der Waals surface area contributed by atoms with E-state index in [1.165, 1.54) is 0 Å². The zero-order valence-electron chi connectivity index (χ0n) is 5.76. The molecule has 0 spiro atoms. The van der Waals surface area contributed by atoms with Crippen LogP contribution in [0.5, 0.6) is 0 Å². The molecule has 0 aromatic rings. The third-order valence-corrected chi connectivity index (χ3v) is 1.59. The summed E-state index contributed by atoms with van der Waals surface area (Å²) in [5.74, 6) is 0.671. The molecule has 0 aliphatic heterocycles. The molecular weight excluding hydrogens is 102 g/mol. The lowest BCUT2D eigenvalue weighted by atomic mass is 9.97. The Bertz CT molecular complexity index is 53.5. The molecule has 2 heteroatoms. The topological polar surface area (TPSA) is 46.2 Å². The van der Waals surface area contributed by atoms with Gasteiger partial charge in [-0.05, 0) is 11.8 Å². The zero-order chi connectivity index (χ0) is 6.73. The average molecular weight is 117 g/mol. The van der Waals surface area contributed by atoms with Crippen LogP contribution in [-0.4, -0.2) is 11.3 Å². The molecule has 0 saturated carbocycles. The highest BCUT2D eigenvalue weighted by Gasteiger charge is 2.11. The maximum Gasteiger partial charge on any atom is 0.105 e. The summed E-state index contributed by atoms with van der Waals surface area (Å²) in [5.41, 5.74) is 5.19. The predicted octanol–water partition coefficient (Wildman–Crippen LogP) is 0.556. The Kier molecular flexibility index (Phi) is 3.02. The van der Waals surface area contributed by atoms with Gasteiger partial charge in [0.2, 0.25) is 0 Å². The summed E-state index contributed by atoms with van der Waals surface area (Å²) in [5, 5.41) is 8.77. The van der Waals surface area contributed by atoms with E-state index < -0.39 is 6.23 Å². The Labute approximate surface area is 50.7 Å². The van der Waals surface area contributed by atoms with Crippen molar-refractivity contribution in [1.82, 2.24) is 0 Å². The van der Waals surface area contributed by atoms with E-state index in [0.717, 1.165) is 0 Å². The number of hydrogen-bond donors (Lipinski definition) is 2. The number of nitrogens with two attached hydrogens (primary N) is 1. The Morgan fingerprint density at radius 3 is 1.62 bits per heavy atom. The molecule has 0 bridgehead atoms. The maximum atomic E-state index is 8.77. The summed E-state index contributed by atoms with van der Waals surface area (Å²) >= 11 is 0. The fourth-order valence-corrected chi connectivity index (χ4v) is 0.394. The first-order chi connectivity index (χ1) is 3.55. The van der Waals surface area contributed by atoms with Crippen molar-refractivity contribution in [2.75, 3.05) is 0 Å². The van der Waals surface area contributed by atoms with Gasteiger partial charge in [-0.3, -0.25) is 0 Å². The molecule has 0 aliphatic carbocycles. The third-order valence-electron chi connectivity index (χ3n) is 1.59. The molecule has 0 aromatic carbocycles. The molecule has 0 aliphatic rings. The van der Waals surface area contributed by atoms with Crippen molar-refractivity contribution < 1.29 is 5.11 Å². The van der Waals surface area contributed by atoms with Gasteiger partial charge in [-0.15, -0.1) is 0 Å². The molecule has 2 nitrogen and oxygen atoms in total. The molecule has 0 heterocycles. The second-order valence-electron chi connectivity index (χ2n) is 2.59. The summed E-state index contributed by atoms with van der Waals surface area (Å²) in [6, 6.07) is 0. The van der Waals surface area contributed by atoms with Crippen LogP contribution in [0.3, 0.4) is 0 Å². The van der Waals surface area contributed by atoms with Crippen molar-refractivity contribution in [3.05, 3.63) is 0 Å². The van der Waals surface area contributed by atoms with Crippen LogP contribution < -0.4 is 5.73 Å². The van der Waals surface area contributed by atoms with Crippen LogP contribution in [0.1, 0.15) is 20.8 Å². The van der Waals surface area contributed by atoms with Gasteiger partial charge >= 0.3 is 0 Å². The highest BCUT2D eigenvalue weighted by molar-refractivity contribution is 4.60. The normalized spacial score (nSPS) is 18.8. The van der Waals surface area contributed by atoms with E-state index in [-0.39, 0.29) is 5.92 Å². The summed E-state index contributed by atoms with van der Waals surface area (Å²) in [6.07, 6.45) is -0.657. The van der Waals surface area contributed by atoms with Crippen molar-refractivity contribution in [3.63, 3.8) is 0 Å². The number of rotatable bonds is 2. The van der Waals surface area contributed by atoms with Gasteiger partial charge in [0.1, 0.15) is 6.23 Å². The van der Waals surface area contributed by atoms with Crippen LogP contribution in [0.2, 0.25) is 0 Å². The molecule has 0 aromatic heterocycles. The van der Waals surface area contributed by atoms with Gasteiger partial charge in [-0.2, -0.15) is 0 Å². The van der Waals surface area contributed by atoms with E-state index in [9.17, 15) is 0 Å². The average Bonchev–Trinajstić information content (AvgIpc) is 1.64. The van der Waals surface area contributed by atoms with Crippen molar-refractivity contribution in [2.24, 2.45) is 17.6 Å². The molecule has 0 radical (unpaired) electrons. The number of hydrogen-bond acceptors (Lipinski definition) is 2. The van der Waals surface area contributed by atoms with Gasteiger partial charge in [-0.1, -0.05) is 20.8 Å². The molecule has 0 amide bonds. The molecule has 3 N–H and O–H groups in total. The van der Waals surface area contributed by atoms with Crippen LogP contribution in [0.15, 0.2) is 0 Å². The van der Waals surface area contributed by atoms with Crippen molar-refractivity contribution in [1.29, 1.82) is 0 Å². The van der Waals surface area contributed by atoms with Crippen LogP contribution in [0.4, 0.5) is 0 Å². The molecule has 50 valence electrons. The molecule has 0 saturated heterocycles. The molecule has 8 heavy (non-hydrogen) atoms. The monoisotopic (exact) mass is 117 g/mol. The SMILES string of the molecule is CC(C)C(C)C(N)O. The van der Waals surface area contributed by atoms with Gasteiger partial charge in [0.15, 0.2) is 0 Å². The molecule has 0 rings (SSSR count). The van der Waals surface area contributed by atoms with E-state index in [0.29, 0.717) is 5.92 Å². The Balaban J connectivity index is 3.46. The lowest BCUT2D eigenvalue weighted by Gasteiger charge is -2.17. The minimum absolute atomic E-state index is 0.204. The minimum atomic E-state index is -0.657. The maximum absolute atomic E-state index is 8.77. The predicted molar refractivity (Wildman–Crippen MR) is 34.2 cm³/mol. The first-order valence-corrected chi connectivity index (χ1v) is 2.99. The molecule has 2 atom stereocenters. The minimum Gasteiger partial charge on any atom is -0.379 e. The Morgan fingerprint density at radius 2 is 1.62 bits per heavy atom. The van der Waals surface area contributed by atoms with Crippen molar-refractivity contribution >= 4 is 0 Å². The lowest BCUT2D eigenvalue weighted by molar-refractivity contribution is 0.0980. The summed E-state index contributed by atoms with van der Waals surface area (Å²) < 4.78 is 0. The van der Waals surface area contributed by atoms with Gasteiger partial charge < -0.3 is 10.8 Å². The van der Waals surface area contributed by atoms with Gasteiger partial charge in [0.25, 0.3) is 0 Å². The van der Waals surface area contributed by atoms with E-state index in [2.05, 4.69) is 0 Å². The summed E-state index contributed by atoms with van der Waals surface area (Å²) in [4.78, 5) is 0. The van der Waals surface area contributed by atoms with E-state index in [1.54, 1.807) is 0 Å².